The highest BCUT2D eigenvalue weighted by atomic mass is 16.6. The van der Waals surface area contributed by atoms with E-state index >= 15 is 0 Å². The first-order chi connectivity index (χ1) is 11.1. The monoisotopic (exact) mass is 334 g/mol. The lowest BCUT2D eigenvalue weighted by Crippen LogP contribution is -2.49. The van der Waals surface area contributed by atoms with Crippen molar-refractivity contribution in [3.63, 3.8) is 0 Å². The van der Waals surface area contributed by atoms with Crippen molar-refractivity contribution >= 4 is 17.8 Å². The van der Waals surface area contributed by atoms with E-state index in [0.717, 1.165) is 10.5 Å². The molecule has 0 fully saturated rings. The SMILES string of the molecule is CC(C)(C)OC(=O)[C@@H]1c2ccccc2CC(N)C(=O)N1CC(=O)O. The average molecular weight is 334 g/mol. The predicted molar refractivity (Wildman–Crippen MR) is 86.1 cm³/mol. The van der Waals surface area contributed by atoms with Gasteiger partial charge in [-0.3, -0.25) is 9.59 Å². The molecule has 1 heterocycles. The molecule has 2 rings (SSSR count). The van der Waals surface area contributed by atoms with Gasteiger partial charge in [-0.1, -0.05) is 24.3 Å². The van der Waals surface area contributed by atoms with Crippen LogP contribution in [0.15, 0.2) is 24.3 Å². The lowest BCUT2D eigenvalue weighted by Gasteiger charge is -2.31. The minimum atomic E-state index is -1.22. The third kappa shape index (κ3) is 3.91. The zero-order chi connectivity index (χ0) is 18.1. The third-order valence-electron chi connectivity index (χ3n) is 3.64. The highest BCUT2D eigenvalue weighted by Gasteiger charge is 2.41. The summed E-state index contributed by atoms with van der Waals surface area (Å²) in [5, 5.41) is 9.15. The number of benzene rings is 1. The van der Waals surface area contributed by atoms with E-state index in [0.29, 0.717) is 5.56 Å². The molecule has 1 amide bonds. The highest BCUT2D eigenvalue weighted by Crippen LogP contribution is 2.31. The number of ether oxygens (including phenoxy) is 1. The summed E-state index contributed by atoms with van der Waals surface area (Å²) >= 11 is 0. The molecule has 7 nitrogen and oxygen atoms in total. The van der Waals surface area contributed by atoms with E-state index in [-0.39, 0.29) is 6.42 Å². The number of carbonyl (C=O) groups is 3. The molecule has 0 saturated heterocycles. The highest BCUT2D eigenvalue weighted by molar-refractivity contribution is 5.92. The normalized spacial score (nSPS) is 21.0. The molecule has 7 heteroatoms. The van der Waals surface area contributed by atoms with Gasteiger partial charge in [0.25, 0.3) is 0 Å². The maximum Gasteiger partial charge on any atom is 0.334 e. The molecule has 1 unspecified atom stereocenters. The van der Waals surface area contributed by atoms with Gasteiger partial charge in [-0.25, -0.2) is 4.79 Å². The minimum Gasteiger partial charge on any atom is -0.480 e. The number of hydrogen-bond acceptors (Lipinski definition) is 5. The molecular formula is C17H22N2O5. The Morgan fingerprint density at radius 3 is 2.54 bits per heavy atom. The lowest BCUT2D eigenvalue weighted by atomic mass is 9.97. The first kappa shape index (κ1) is 17.9. The van der Waals surface area contributed by atoms with Crippen molar-refractivity contribution in [1.82, 2.24) is 4.90 Å². The average Bonchev–Trinajstić information content (AvgIpc) is 2.54. The molecule has 24 heavy (non-hydrogen) atoms. The Morgan fingerprint density at radius 1 is 1.33 bits per heavy atom. The van der Waals surface area contributed by atoms with Crippen LogP contribution in [0.5, 0.6) is 0 Å². The maximum absolute atomic E-state index is 12.7. The van der Waals surface area contributed by atoms with Gasteiger partial charge in [0, 0.05) is 0 Å². The van der Waals surface area contributed by atoms with Crippen molar-refractivity contribution in [2.75, 3.05) is 6.54 Å². The Balaban J connectivity index is 2.54. The Labute approximate surface area is 140 Å². The lowest BCUT2D eigenvalue weighted by molar-refractivity contribution is -0.166. The van der Waals surface area contributed by atoms with Crippen molar-refractivity contribution in [2.45, 2.75) is 44.9 Å². The second kappa shape index (κ2) is 6.60. The second-order valence-electron chi connectivity index (χ2n) is 6.81. The molecule has 1 aliphatic rings. The number of hydrogen-bond donors (Lipinski definition) is 2. The molecule has 0 aliphatic carbocycles. The smallest absolute Gasteiger partial charge is 0.334 e. The van der Waals surface area contributed by atoms with E-state index < -0.39 is 42.1 Å². The van der Waals surface area contributed by atoms with Gasteiger partial charge in [0.15, 0.2) is 6.04 Å². The molecule has 0 radical (unpaired) electrons. The summed E-state index contributed by atoms with van der Waals surface area (Å²) in [5.41, 5.74) is 6.44. The number of carbonyl (C=O) groups excluding carboxylic acids is 2. The Morgan fingerprint density at radius 2 is 1.96 bits per heavy atom. The van der Waals surface area contributed by atoms with Gasteiger partial charge in [-0.15, -0.1) is 0 Å². The first-order valence-electron chi connectivity index (χ1n) is 7.68. The van der Waals surface area contributed by atoms with E-state index in [1.807, 2.05) is 0 Å². The first-order valence-corrected chi connectivity index (χ1v) is 7.68. The molecule has 130 valence electrons. The van der Waals surface area contributed by atoms with Crippen LogP contribution in [-0.4, -0.2) is 46.0 Å². The number of rotatable bonds is 3. The molecule has 0 aromatic heterocycles. The Kier molecular flexibility index (Phi) is 4.94. The molecule has 3 N–H and O–H groups in total. The van der Waals surface area contributed by atoms with E-state index in [1.165, 1.54) is 0 Å². The number of carboxylic acids is 1. The van der Waals surface area contributed by atoms with Crippen molar-refractivity contribution in [2.24, 2.45) is 5.73 Å². The topological polar surface area (TPSA) is 110 Å². The molecule has 1 aliphatic heterocycles. The number of aliphatic carboxylic acids is 1. The van der Waals surface area contributed by atoms with Gasteiger partial charge in [-0.2, -0.15) is 0 Å². The largest absolute Gasteiger partial charge is 0.480 e. The summed E-state index contributed by atoms with van der Waals surface area (Å²) in [6, 6.07) is 4.97. The number of nitrogens with zero attached hydrogens (tertiary/aromatic N) is 1. The van der Waals surface area contributed by atoms with Crippen LogP contribution in [0.2, 0.25) is 0 Å². The third-order valence-corrected chi connectivity index (χ3v) is 3.64. The van der Waals surface area contributed by atoms with Gasteiger partial charge in [0.05, 0.1) is 6.04 Å². The number of fused-ring (bicyclic) bond motifs is 1. The quantitative estimate of drug-likeness (QED) is 0.794. The van der Waals surface area contributed by atoms with Crippen LogP contribution in [0.1, 0.15) is 37.9 Å². The molecule has 1 aromatic carbocycles. The Bertz CT molecular complexity index is 665. The molecule has 0 saturated carbocycles. The summed E-state index contributed by atoms with van der Waals surface area (Å²) in [6.45, 7) is 4.51. The van der Waals surface area contributed by atoms with Crippen LogP contribution in [0, 0.1) is 0 Å². The fourth-order valence-corrected chi connectivity index (χ4v) is 2.75. The molecule has 1 aromatic rings. The Hall–Kier alpha value is -2.41. The molecule has 0 bridgehead atoms. The van der Waals surface area contributed by atoms with Gasteiger partial charge >= 0.3 is 11.9 Å². The van der Waals surface area contributed by atoms with E-state index in [4.69, 9.17) is 15.6 Å². The summed E-state index contributed by atoms with van der Waals surface area (Å²) in [7, 11) is 0. The summed E-state index contributed by atoms with van der Waals surface area (Å²) < 4.78 is 5.42. The summed E-state index contributed by atoms with van der Waals surface area (Å²) in [4.78, 5) is 37.5. The second-order valence-corrected chi connectivity index (χ2v) is 6.81. The molecular weight excluding hydrogens is 312 g/mol. The maximum atomic E-state index is 12.7. The number of amides is 1. The number of carboxylic acid groups (broad SMARTS) is 1. The number of nitrogens with two attached hydrogens (primary N) is 1. The van der Waals surface area contributed by atoms with Crippen LogP contribution >= 0.6 is 0 Å². The van der Waals surface area contributed by atoms with Gasteiger partial charge in [0.2, 0.25) is 5.91 Å². The van der Waals surface area contributed by atoms with Crippen molar-refractivity contribution < 1.29 is 24.2 Å². The standard InChI is InChI=1S/C17H22N2O5/c1-17(2,3)24-16(23)14-11-7-5-4-6-10(11)8-12(18)15(22)19(14)9-13(20)21/h4-7,12,14H,8-9,18H2,1-3H3,(H,20,21)/t12?,14-/m0/s1. The predicted octanol–water partition coefficient (Wildman–Crippen LogP) is 0.866. The van der Waals surface area contributed by atoms with Gasteiger partial charge < -0.3 is 20.5 Å². The van der Waals surface area contributed by atoms with Crippen LogP contribution in [-0.2, 0) is 25.5 Å². The van der Waals surface area contributed by atoms with Crippen molar-refractivity contribution in [1.29, 1.82) is 0 Å². The van der Waals surface area contributed by atoms with E-state index in [1.54, 1.807) is 45.0 Å². The van der Waals surface area contributed by atoms with Crippen molar-refractivity contribution in [3.05, 3.63) is 35.4 Å². The molecule has 0 spiro atoms. The van der Waals surface area contributed by atoms with Crippen LogP contribution in [0.4, 0.5) is 0 Å². The summed E-state index contributed by atoms with van der Waals surface area (Å²) in [5.74, 6) is -2.47. The minimum absolute atomic E-state index is 0.240. The fraction of sp³-hybridized carbons (Fsp3) is 0.471. The van der Waals surface area contributed by atoms with Crippen LogP contribution < -0.4 is 5.73 Å². The molecule has 2 atom stereocenters. The zero-order valence-corrected chi connectivity index (χ0v) is 14.0. The van der Waals surface area contributed by atoms with E-state index in [9.17, 15) is 14.4 Å². The van der Waals surface area contributed by atoms with Gasteiger partial charge in [0.1, 0.15) is 12.1 Å². The zero-order valence-electron chi connectivity index (χ0n) is 14.0. The van der Waals surface area contributed by atoms with Gasteiger partial charge in [-0.05, 0) is 38.3 Å². The van der Waals surface area contributed by atoms with Crippen LogP contribution in [0.25, 0.3) is 0 Å². The van der Waals surface area contributed by atoms with Crippen molar-refractivity contribution in [3.8, 4) is 0 Å². The fourth-order valence-electron chi connectivity index (χ4n) is 2.75. The van der Waals surface area contributed by atoms with Crippen LogP contribution in [0.3, 0.4) is 0 Å². The number of esters is 1. The van der Waals surface area contributed by atoms with E-state index in [2.05, 4.69) is 0 Å². The summed E-state index contributed by atoms with van der Waals surface area (Å²) in [6.07, 6.45) is 0.240.